The predicted molar refractivity (Wildman–Crippen MR) is 156 cm³/mol. The lowest BCUT2D eigenvalue weighted by atomic mass is 10.1. The highest BCUT2D eigenvalue weighted by atomic mass is 32.2. The van der Waals surface area contributed by atoms with Crippen molar-refractivity contribution in [2.75, 3.05) is 5.75 Å². The highest BCUT2D eigenvalue weighted by Gasteiger charge is 2.24. The number of aliphatic hydroxyl groups is 1. The average Bonchev–Trinajstić information content (AvgIpc) is 2.84. The SMILES string of the molecule is CCCCCCCC/C=C/CC/C=C/C(O)C(CS(=O)(=O)O)NC(=O)CCCCCCCCCCCC. The van der Waals surface area contributed by atoms with E-state index in [1.807, 2.05) is 0 Å². The summed E-state index contributed by atoms with van der Waals surface area (Å²) in [5.74, 6) is -1.00. The van der Waals surface area contributed by atoms with Crippen molar-refractivity contribution < 1.29 is 22.9 Å². The highest BCUT2D eigenvalue weighted by Crippen LogP contribution is 2.12. The maximum absolute atomic E-state index is 12.3. The first kappa shape index (κ1) is 35.8. The van der Waals surface area contributed by atoms with Gasteiger partial charge in [-0.3, -0.25) is 9.35 Å². The normalized spacial score (nSPS) is 13.9. The molecule has 2 unspecified atom stereocenters. The van der Waals surface area contributed by atoms with Gasteiger partial charge in [0, 0.05) is 6.42 Å². The van der Waals surface area contributed by atoms with Gasteiger partial charge in [-0.05, 0) is 32.1 Å². The minimum absolute atomic E-state index is 0.290. The number of nitrogens with one attached hydrogen (secondary N) is 1. The number of allylic oxidation sites excluding steroid dienone is 3. The Morgan fingerprint density at radius 2 is 1.16 bits per heavy atom. The molecule has 218 valence electrons. The minimum Gasteiger partial charge on any atom is -0.387 e. The summed E-state index contributed by atoms with van der Waals surface area (Å²) < 4.78 is 32.1. The Morgan fingerprint density at radius 3 is 1.70 bits per heavy atom. The molecular formula is C30H57NO5S. The third kappa shape index (κ3) is 26.2. The van der Waals surface area contributed by atoms with Crippen LogP contribution in [-0.2, 0) is 14.9 Å². The number of amides is 1. The molecule has 37 heavy (non-hydrogen) atoms. The zero-order valence-corrected chi connectivity index (χ0v) is 24.7. The van der Waals surface area contributed by atoms with E-state index in [9.17, 15) is 22.9 Å². The fourth-order valence-corrected chi connectivity index (χ4v) is 5.08. The lowest BCUT2D eigenvalue weighted by Crippen LogP contribution is -2.46. The van der Waals surface area contributed by atoms with E-state index in [4.69, 9.17) is 0 Å². The van der Waals surface area contributed by atoms with Gasteiger partial charge in [0.1, 0.15) is 0 Å². The Morgan fingerprint density at radius 1 is 0.703 bits per heavy atom. The molecule has 0 spiro atoms. The van der Waals surface area contributed by atoms with E-state index in [2.05, 4.69) is 31.3 Å². The van der Waals surface area contributed by atoms with Crippen molar-refractivity contribution in [3.05, 3.63) is 24.3 Å². The molecule has 2 atom stereocenters. The third-order valence-corrected chi connectivity index (χ3v) is 7.41. The summed E-state index contributed by atoms with van der Waals surface area (Å²) in [4.78, 5) is 12.3. The van der Waals surface area contributed by atoms with Gasteiger partial charge in [0.15, 0.2) is 0 Å². The molecule has 0 aliphatic carbocycles. The molecule has 0 radical (unpaired) electrons. The molecular weight excluding hydrogens is 486 g/mol. The standard InChI is InChI=1S/C30H57NO5S/c1-3-5-7-9-11-13-15-16-17-19-21-23-25-29(32)28(27-37(34,35)36)31-30(33)26-24-22-20-18-14-12-10-8-6-4-2/h16-17,23,25,28-29,32H,3-15,18-22,24,26-27H2,1-2H3,(H,31,33)(H,34,35,36)/b17-16+,25-23+. The number of aliphatic hydroxyl groups excluding tert-OH is 1. The fraction of sp³-hybridized carbons (Fsp3) is 0.833. The molecule has 0 saturated carbocycles. The van der Waals surface area contributed by atoms with Gasteiger partial charge in [-0.25, -0.2) is 0 Å². The number of unbranched alkanes of at least 4 members (excludes halogenated alkanes) is 16. The maximum Gasteiger partial charge on any atom is 0.267 e. The van der Waals surface area contributed by atoms with Crippen LogP contribution in [0.25, 0.3) is 0 Å². The molecule has 0 fully saturated rings. The molecule has 0 aliphatic heterocycles. The van der Waals surface area contributed by atoms with Crippen molar-refractivity contribution in [1.82, 2.24) is 5.32 Å². The second-order valence-electron chi connectivity index (χ2n) is 10.4. The van der Waals surface area contributed by atoms with E-state index >= 15 is 0 Å². The molecule has 0 rings (SSSR count). The van der Waals surface area contributed by atoms with E-state index in [0.717, 1.165) is 38.5 Å². The fourth-order valence-electron chi connectivity index (χ4n) is 4.34. The van der Waals surface area contributed by atoms with Crippen LogP contribution >= 0.6 is 0 Å². The number of rotatable bonds is 26. The third-order valence-electron chi connectivity index (χ3n) is 6.63. The summed E-state index contributed by atoms with van der Waals surface area (Å²) in [5.41, 5.74) is 0. The van der Waals surface area contributed by atoms with E-state index in [1.165, 1.54) is 89.5 Å². The second-order valence-corrected chi connectivity index (χ2v) is 11.9. The van der Waals surface area contributed by atoms with Crippen molar-refractivity contribution >= 4 is 16.0 Å². The lowest BCUT2D eigenvalue weighted by molar-refractivity contribution is -0.122. The molecule has 0 saturated heterocycles. The monoisotopic (exact) mass is 543 g/mol. The summed E-state index contributed by atoms with van der Waals surface area (Å²) in [6, 6.07) is -1.06. The summed E-state index contributed by atoms with van der Waals surface area (Å²) in [6.45, 7) is 4.44. The molecule has 1 amide bonds. The molecule has 7 heteroatoms. The van der Waals surface area contributed by atoms with Crippen LogP contribution in [0.3, 0.4) is 0 Å². The Labute approximate surface area is 228 Å². The zero-order valence-electron chi connectivity index (χ0n) is 23.8. The van der Waals surface area contributed by atoms with E-state index in [1.54, 1.807) is 6.08 Å². The Balaban J connectivity index is 4.18. The van der Waals surface area contributed by atoms with Crippen LogP contribution in [0, 0.1) is 0 Å². The summed E-state index contributed by atoms with van der Waals surface area (Å²) in [7, 11) is -4.33. The van der Waals surface area contributed by atoms with Gasteiger partial charge in [0.25, 0.3) is 10.1 Å². The van der Waals surface area contributed by atoms with Crippen LogP contribution in [0.2, 0.25) is 0 Å². The van der Waals surface area contributed by atoms with Gasteiger partial charge in [0.2, 0.25) is 5.91 Å². The van der Waals surface area contributed by atoms with Gasteiger partial charge in [0.05, 0.1) is 17.9 Å². The van der Waals surface area contributed by atoms with Crippen molar-refractivity contribution in [2.24, 2.45) is 0 Å². The number of carbonyl (C=O) groups excluding carboxylic acids is 1. The molecule has 0 aromatic heterocycles. The molecule has 0 aliphatic rings. The first-order chi connectivity index (χ1) is 17.8. The quantitative estimate of drug-likeness (QED) is 0.0590. The van der Waals surface area contributed by atoms with Crippen LogP contribution in [0.15, 0.2) is 24.3 Å². The molecule has 6 nitrogen and oxygen atoms in total. The topological polar surface area (TPSA) is 104 Å². The number of carbonyl (C=O) groups is 1. The minimum atomic E-state index is -4.33. The van der Waals surface area contributed by atoms with Crippen LogP contribution in [0.4, 0.5) is 0 Å². The molecule has 0 aromatic rings. The summed E-state index contributed by atoms with van der Waals surface area (Å²) >= 11 is 0. The van der Waals surface area contributed by atoms with Gasteiger partial charge in [-0.2, -0.15) is 8.42 Å². The van der Waals surface area contributed by atoms with E-state index in [0.29, 0.717) is 0 Å². The Kier molecular flexibility index (Phi) is 24.3. The van der Waals surface area contributed by atoms with Gasteiger partial charge in [-0.15, -0.1) is 0 Å². The smallest absolute Gasteiger partial charge is 0.267 e. The van der Waals surface area contributed by atoms with Crippen molar-refractivity contribution in [3.63, 3.8) is 0 Å². The molecule has 0 bridgehead atoms. The Bertz CT molecular complexity index is 690. The van der Waals surface area contributed by atoms with Crippen LogP contribution in [0.1, 0.15) is 142 Å². The summed E-state index contributed by atoms with van der Waals surface area (Å²) in [5, 5.41) is 13.0. The number of hydrogen-bond acceptors (Lipinski definition) is 4. The van der Waals surface area contributed by atoms with E-state index in [-0.39, 0.29) is 12.3 Å². The average molecular weight is 544 g/mol. The lowest BCUT2D eigenvalue weighted by Gasteiger charge is -2.21. The number of hydrogen-bond donors (Lipinski definition) is 3. The van der Waals surface area contributed by atoms with Crippen molar-refractivity contribution in [3.8, 4) is 0 Å². The maximum atomic E-state index is 12.3. The van der Waals surface area contributed by atoms with Crippen LogP contribution in [0.5, 0.6) is 0 Å². The highest BCUT2D eigenvalue weighted by molar-refractivity contribution is 7.85. The van der Waals surface area contributed by atoms with Crippen molar-refractivity contribution in [2.45, 2.75) is 154 Å². The first-order valence-corrected chi connectivity index (χ1v) is 16.6. The zero-order chi connectivity index (χ0) is 27.6. The van der Waals surface area contributed by atoms with Gasteiger partial charge < -0.3 is 10.4 Å². The molecule has 0 heterocycles. The molecule has 3 N–H and O–H groups in total. The Hall–Kier alpha value is -1.18. The van der Waals surface area contributed by atoms with Gasteiger partial charge >= 0.3 is 0 Å². The van der Waals surface area contributed by atoms with E-state index < -0.39 is 28.0 Å². The predicted octanol–water partition coefficient (Wildman–Crippen LogP) is 7.67. The summed E-state index contributed by atoms with van der Waals surface area (Å²) in [6.07, 6.45) is 28.8. The molecule has 0 aromatic carbocycles. The largest absolute Gasteiger partial charge is 0.387 e. The van der Waals surface area contributed by atoms with Crippen molar-refractivity contribution in [1.29, 1.82) is 0 Å². The van der Waals surface area contributed by atoms with Crippen LogP contribution < -0.4 is 5.32 Å². The van der Waals surface area contributed by atoms with Crippen LogP contribution in [-0.4, -0.2) is 41.9 Å². The second kappa shape index (κ2) is 25.1. The van der Waals surface area contributed by atoms with Gasteiger partial charge in [-0.1, -0.05) is 128 Å². The first-order valence-electron chi connectivity index (χ1n) is 15.0.